The summed E-state index contributed by atoms with van der Waals surface area (Å²) in [6, 6.07) is 7.46. The van der Waals surface area contributed by atoms with Crippen LogP contribution < -0.4 is 5.43 Å². The van der Waals surface area contributed by atoms with Crippen LogP contribution in [0.2, 0.25) is 5.02 Å². The Hall–Kier alpha value is -1.00. The van der Waals surface area contributed by atoms with E-state index in [1.807, 2.05) is 30.5 Å². The maximum atomic E-state index is 11.7. The van der Waals surface area contributed by atoms with Gasteiger partial charge in [-0.05, 0) is 43.0 Å². The van der Waals surface area contributed by atoms with Crippen molar-refractivity contribution in [1.82, 2.24) is 5.43 Å². The molecule has 1 fully saturated rings. The van der Waals surface area contributed by atoms with Crippen molar-refractivity contribution in [3.63, 3.8) is 0 Å². The Kier molecular flexibility index (Phi) is 6.40. The predicted molar refractivity (Wildman–Crippen MR) is 85.4 cm³/mol. The van der Waals surface area contributed by atoms with Gasteiger partial charge in [0.2, 0.25) is 5.91 Å². The van der Waals surface area contributed by atoms with E-state index in [4.69, 9.17) is 11.6 Å². The number of benzene rings is 1. The first-order chi connectivity index (χ1) is 9.74. The number of nitrogens with one attached hydrogen (secondary N) is 1. The van der Waals surface area contributed by atoms with Crippen LogP contribution >= 0.6 is 23.4 Å². The smallest absolute Gasteiger partial charge is 0.250 e. The van der Waals surface area contributed by atoms with Crippen LogP contribution in [-0.4, -0.2) is 17.9 Å². The van der Waals surface area contributed by atoms with Gasteiger partial charge < -0.3 is 0 Å². The number of hydrogen-bond donors (Lipinski definition) is 1. The minimum Gasteiger partial charge on any atom is -0.272 e. The normalized spacial score (nSPS) is 16.4. The van der Waals surface area contributed by atoms with Gasteiger partial charge in [-0.1, -0.05) is 30.9 Å². The molecule has 1 saturated carbocycles. The molecule has 3 nitrogen and oxygen atoms in total. The Balaban J connectivity index is 1.67. The number of rotatable bonds is 5. The lowest BCUT2D eigenvalue weighted by atomic mass is 9.90. The fourth-order valence-electron chi connectivity index (χ4n) is 2.21. The predicted octanol–water partition coefficient (Wildman–Crippen LogP) is 4.11. The van der Waals surface area contributed by atoms with Gasteiger partial charge in [-0.15, -0.1) is 11.8 Å². The summed E-state index contributed by atoms with van der Waals surface area (Å²) >= 11 is 7.29. The van der Waals surface area contributed by atoms with E-state index in [1.54, 1.807) is 0 Å². The summed E-state index contributed by atoms with van der Waals surface area (Å²) < 4.78 is 0. The molecule has 0 atom stereocenters. The zero-order valence-electron chi connectivity index (χ0n) is 11.3. The minimum absolute atomic E-state index is 0.0722. The molecule has 1 aliphatic rings. The molecule has 0 unspecified atom stereocenters. The Bertz CT molecular complexity index is 455. The van der Waals surface area contributed by atoms with Crippen LogP contribution in [-0.2, 0) is 4.79 Å². The first-order valence-corrected chi connectivity index (χ1v) is 8.31. The fraction of sp³-hybridized carbons (Fsp3) is 0.467. The Morgan fingerprint density at radius 2 is 2.00 bits per heavy atom. The van der Waals surface area contributed by atoms with Gasteiger partial charge in [-0.3, -0.25) is 4.79 Å². The number of carbonyl (C=O) groups is 1. The lowest BCUT2D eigenvalue weighted by Gasteiger charge is -2.16. The number of amides is 1. The first kappa shape index (κ1) is 15.4. The van der Waals surface area contributed by atoms with Crippen LogP contribution in [0.25, 0.3) is 0 Å². The molecule has 0 heterocycles. The van der Waals surface area contributed by atoms with Crippen LogP contribution in [0.1, 0.15) is 32.1 Å². The molecule has 0 saturated heterocycles. The highest BCUT2D eigenvalue weighted by molar-refractivity contribution is 8.00. The molecule has 5 heteroatoms. The highest BCUT2D eigenvalue weighted by Gasteiger charge is 2.10. The molecule has 108 valence electrons. The van der Waals surface area contributed by atoms with Crippen molar-refractivity contribution in [2.45, 2.75) is 37.0 Å². The summed E-state index contributed by atoms with van der Waals surface area (Å²) in [7, 11) is 0. The van der Waals surface area contributed by atoms with E-state index in [-0.39, 0.29) is 5.91 Å². The SMILES string of the molecule is O=C(CSc1ccc(Cl)cc1)N/N=C/C1CCCCC1. The van der Waals surface area contributed by atoms with Crippen LogP contribution in [0.15, 0.2) is 34.3 Å². The molecule has 0 aromatic heterocycles. The second kappa shape index (κ2) is 8.32. The lowest BCUT2D eigenvalue weighted by molar-refractivity contribution is -0.118. The number of nitrogens with zero attached hydrogens (tertiary/aromatic N) is 1. The van der Waals surface area contributed by atoms with E-state index in [9.17, 15) is 4.79 Å². The van der Waals surface area contributed by atoms with Crippen LogP contribution in [0.4, 0.5) is 0 Å². The minimum atomic E-state index is -0.0722. The van der Waals surface area contributed by atoms with Crippen molar-refractivity contribution in [2.75, 3.05) is 5.75 Å². The van der Waals surface area contributed by atoms with Gasteiger partial charge in [0.1, 0.15) is 0 Å². The molecule has 1 aromatic carbocycles. The summed E-state index contributed by atoms with van der Waals surface area (Å²) in [4.78, 5) is 12.7. The highest BCUT2D eigenvalue weighted by Crippen LogP contribution is 2.22. The average Bonchev–Trinajstić information content (AvgIpc) is 2.48. The summed E-state index contributed by atoms with van der Waals surface area (Å²) in [5, 5.41) is 4.77. The van der Waals surface area contributed by atoms with Crippen molar-refractivity contribution < 1.29 is 4.79 Å². The second-order valence-electron chi connectivity index (χ2n) is 4.95. The number of carbonyl (C=O) groups excluding carboxylic acids is 1. The molecule has 0 bridgehead atoms. The van der Waals surface area contributed by atoms with Crippen molar-refractivity contribution in [3.05, 3.63) is 29.3 Å². The molecule has 1 aliphatic carbocycles. The Labute approximate surface area is 129 Å². The molecule has 1 amide bonds. The summed E-state index contributed by atoms with van der Waals surface area (Å²) in [5.41, 5.74) is 2.60. The highest BCUT2D eigenvalue weighted by atomic mass is 35.5. The maximum Gasteiger partial charge on any atom is 0.250 e. The molecule has 1 N–H and O–H groups in total. The van der Waals surface area contributed by atoms with Gasteiger partial charge in [-0.25, -0.2) is 5.43 Å². The van der Waals surface area contributed by atoms with E-state index in [0.717, 1.165) is 4.90 Å². The molecule has 0 spiro atoms. The lowest BCUT2D eigenvalue weighted by Crippen LogP contribution is -2.20. The second-order valence-corrected chi connectivity index (χ2v) is 6.44. The van der Waals surface area contributed by atoms with E-state index < -0.39 is 0 Å². The standard InChI is InChI=1S/C15H19ClN2OS/c16-13-6-8-14(9-7-13)20-11-15(19)18-17-10-12-4-2-1-3-5-12/h6-10,12H,1-5,11H2,(H,18,19)/b17-10+. The summed E-state index contributed by atoms with van der Waals surface area (Å²) in [5.74, 6) is 0.828. The zero-order valence-corrected chi connectivity index (χ0v) is 12.9. The first-order valence-electron chi connectivity index (χ1n) is 6.94. The van der Waals surface area contributed by atoms with Crippen LogP contribution in [0, 0.1) is 5.92 Å². The summed E-state index contributed by atoms with van der Waals surface area (Å²) in [6.45, 7) is 0. The molecule has 0 radical (unpaired) electrons. The van der Waals surface area contributed by atoms with Gasteiger partial charge in [0, 0.05) is 16.1 Å². The molecule has 0 aliphatic heterocycles. The van der Waals surface area contributed by atoms with Crippen LogP contribution in [0.3, 0.4) is 0 Å². The quantitative estimate of drug-likeness (QED) is 0.505. The van der Waals surface area contributed by atoms with Gasteiger partial charge in [0.25, 0.3) is 0 Å². The van der Waals surface area contributed by atoms with Gasteiger partial charge >= 0.3 is 0 Å². The fourth-order valence-corrected chi connectivity index (χ4v) is 3.03. The molecule has 20 heavy (non-hydrogen) atoms. The number of hydrogen-bond acceptors (Lipinski definition) is 3. The van der Waals surface area contributed by atoms with E-state index >= 15 is 0 Å². The monoisotopic (exact) mass is 310 g/mol. The molecule has 1 aromatic rings. The van der Waals surface area contributed by atoms with Crippen LogP contribution in [0.5, 0.6) is 0 Å². The van der Waals surface area contributed by atoms with Crippen molar-refractivity contribution in [2.24, 2.45) is 11.0 Å². The third-order valence-electron chi connectivity index (χ3n) is 3.31. The van der Waals surface area contributed by atoms with E-state index in [2.05, 4.69) is 10.5 Å². The number of hydrazone groups is 1. The number of halogens is 1. The molecule has 2 rings (SSSR count). The average molecular weight is 311 g/mol. The van der Waals surface area contributed by atoms with Crippen molar-refractivity contribution in [3.8, 4) is 0 Å². The number of thioether (sulfide) groups is 1. The zero-order chi connectivity index (χ0) is 14.2. The van der Waals surface area contributed by atoms with Gasteiger partial charge in [0.05, 0.1) is 5.75 Å². The van der Waals surface area contributed by atoms with Gasteiger partial charge in [0.15, 0.2) is 0 Å². The Morgan fingerprint density at radius 1 is 1.30 bits per heavy atom. The topological polar surface area (TPSA) is 41.5 Å². The van der Waals surface area contributed by atoms with E-state index in [0.29, 0.717) is 16.7 Å². The third-order valence-corrected chi connectivity index (χ3v) is 4.57. The van der Waals surface area contributed by atoms with E-state index in [1.165, 1.54) is 43.9 Å². The molecular weight excluding hydrogens is 292 g/mol. The molecular formula is C15H19ClN2OS. The maximum absolute atomic E-state index is 11.7. The largest absolute Gasteiger partial charge is 0.272 e. The van der Waals surface area contributed by atoms with Gasteiger partial charge in [-0.2, -0.15) is 5.10 Å². The Morgan fingerprint density at radius 3 is 2.70 bits per heavy atom. The van der Waals surface area contributed by atoms with Crippen molar-refractivity contribution >= 4 is 35.5 Å². The van der Waals surface area contributed by atoms with Crippen molar-refractivity contribution in [1.29, 1.82) is 0 Å². The summed E-state index contributed by atoms with van der Waals surface area (Å²) in [6.07, 6.45) is 8.16. The third kappa shape index (κ3) is 5.55.